The zero-order chi connectivity index (χ0) is 13.1. The van der Waals surface area contributed by atoms with Gasteiger partial charge in [-0.1, -0.05) is 6.42 Å². The molecular weight excluding hydrogens is 218 g/mol. The summed E-state index contributed by atoms with van der Waals surface area (Å²) in [6.07, 6.45) is 2.84. The van der Waals surface area contributed by atoms with Crippen LogP contribution >= 0.6 is 0 Å². The molecule has 0 amide bonds. The Balaban J connectivity index is 2.29. The maximum absolute atomic E-state index is 11.6. The van der Waals surface area contributed by atoms with Gasteiger partial charge in [0.15, 0.2) is 0 Å². The highest BCUT2D eigenvalue weighted by atomic mass is 16.6. The Kier molecular flexibility index (Phi) is 4.95. The van der Waals surface area contributed by atoms with Crippen molar-refractivity contribution >= 4 is 5.97 Å². The SMILES string of the molecule is CN(CC(=O)OC(C)(C)C)CC1CCCC1O. The molecule has 1 N–H and O–H groups in total. The molecule has 100 valence electrons. The van der Waals surface area contributed by atoms with Gasteiger partial charge in [-0.2, -0.15) is 0 Å². The summed E-state index contributed by atoms with van der Waals surface area (Å²) in [5.74, 6) is 0.106. The fraction of sp³-hybridized carbons (Fsp3) is 0.923. The summed E-state index contributed by atoms with van der Waals surface area (Å²) in [5.41, 5.74) is -0.426. The van der Waals surface area contributed by atoms with Crippen LogP contribution in [0.25, 0.3) is 0 Å². The van der Waals surface area contributed by atoms with Crippen molar-refractivity contribution in [3.8, 4) is 0 Å². The molecule has 0 spiro atoms. The molecule has 4 nitrogen and oxygen atoms in total. The molecule has 1 saturated carbocycles. The molecule has 1 rings (SSSR count). The highest BCUT2D eigenvalue weighted by Gasteiger charge is 2.27. The second-order valence-electron chi connectivity index (χ2n) is 6.04. The van der Waals surface area contributed by atoms with Gasteiger partial charge < -0.3 is 9.84 Å². The maximum Gasteiger partial charge on any atom is 0.320 e. The Bertz CT molecular complexity index is 260. The molecule has 0 aromatic carbocycles. The molecule has 0 aromatic rings. The number of aliphatic hydroxyl groups is 1. The smallest absolute Gasteiger partial charge is 0.320 e. The fourth-order valence-corrected chi connectivity index (χ4v) is 2.29. The third kappa shape index (κ3) is 5.50. The second-order valence-corrected chi connectivity index (χ2v) is 6.04. The lowest BCUT2D eigenvalue weighted by Gasteiger charge is -2.25. The summed E-state index contributed by atoms with van der Waals surface area (Å²) in [4.78, 5) is 13.5. The lowest BCUT2D eigenvalue weighted by atomic mass is 10.1. The standard InChI is InChI=1S/C13H25NO3/c1-13(2,3)17-12(16)9-14(4)8-10-6-5-7-11(10)15/h10-11,15H,5-9H2,1-4H3. The van der Waals surface area contributed by atoms with Crippen molar-refractivity contribution < 1.29 is 14.6 Å². The lowest BCUT2D eigenvalue weighted by molar-refractivity contribution is -0.156. The van der Waals surface area contributed by atoms with Crippen molar-refractivity contribution in [2.45, 2.75) is 51.7 Å². The first-order valence-corrected chi connectivity index (χ1v) is 6.36. The van der Waals surface area contributed by atoms with Gasteiger partial charge in [-0.15, -0.1) is 0 Å². The predicted octanol–water partition coefficient (Wildman–Crippen LogP) is 1.42. The van der Waals surface area contributed by atoms with Crippen molar-refractivity contribution in [2.24, 2.45) is 5.92 Å². The van der Waals surface area contributed by atoms with Crippen molar-refractivity contribution in [3.05, 3.63) is 0 Å². The molecule has 2 atom stereocenters. The van der Waals surface area contributed by atoms with Crippen molar-refractivity contribution in [1.29, 1.82) is 0 Å². The number of esters is 1. The van der Waals surface area contributed by atoms with E-state index in [0.29, 0.717) is 12.5 Å². The minimum Gasteiger partial charge on any atom is -0.459 e. The zero-order valence-electron chi connectivity index (χ0n) is 11.4. The molecule has 0 bridgehead atoms. The molecule has 1 aliphatic rings. The van der Waals surface area contributed by atoms with Gasteiger partial charge >= 0.3 is 5.97 Å². The predicted molar refractivity (Wildman–Crippen MR) is 66.7 cm³/mol. The summed E-state index contributed by atoms with van der Waals surface area (Å²) in [7, 11) is 1.90. The van der Waals surface area contributed by atoms with E-state index < -0.39 is 5.60 Å². The van der Waals surface area contributed by atoms with E-state index in [-0.39, 0.29) is 12.1 Å². The highest BCUT2D eigenvalue weighted by Crippen LogP contribution is 2.25. The average molecular weight is 243 g/mol. The normalized spacial score (nSPS) is 25.3. The summed E-state index contributed by atoms with van der Waals surface area (Å²) >= 11 is 0. The number of nitrogens with zero attached hydrogens (tertiary/aromatic N) is 1. The van der Waals surface area contributed by atoms with Gasteiger partial charge in [0.05, 0.1) is 12.6 Å². The minimum atomic E-state index is -0.426. The van der Waals surface area contributed by atoms with Crippen LogP contribution in [0, 0.1) is 5.92 Å². The van der Waals surface area contributed by atoms with E-state index in [9.17, 15) is 9.90 Å². The first-order chi connectivity index (χ1) is 7.78. The summed E-state index contributed by atoms with van der Waals surface area (Å²) < 4.78 is 5.26. The number of hydrogen-bond donors (Lipinski definition) is 1. The van der Waals surface area contributed by atoms with Crippen molar-refractivity contribution in [2.75, 3.05) is 20.1 Å². The van der Waals surface area contributed by atoms with Gasteiger partial charge in [0.25, 0.3) is 0 Å². The Morgan fingerprint density at radius 3 is 2.53 bits per heavy atom. The molecule has 0 aromatic heterocycles. The van der Waals surface area contributed by atoms with Crippen LogP contribution in [0.5, 0.6) is 0 Å². The van der Waals surface area contributed by atoms with Crippen LogP contribution in [-0.4, -0.2) is 47.8 Å². The van der Waals surface area contributed by atoms with Crippen LogP contribution in [0.4, 0.5) is 0 Å². The minimum absolute atomic E-state index is 0.198. The Morgan fingerprint density at radius 1 is 1.41 bits per heavy atom. The largest absolute Gasteiger partial charge is 0.459 e. The Labute approximate surface area is 104 Å². The van der Waals surface area contributed by atoms with Gasteiger partial charge in [-0.3, -0.25) is 9.69 Å². The van der Waals surface area contributed by atoms with E-state index in [0.717, 1.165) is 25.8 Å². The van der Waals surface area contributed by atoms with E-state index in [2.05, 4.69) is 0 Å². The molecule has 0 saturated heterocycles. The van der Waals surface area contributed by atoms with Crippen LogP contribution in [0.2, 0.25) is 0 Å². The summed E-state index contributed by atoms with van der Waals surface area (Å²) in [6, 6.07) is 0. The van der Waals surface area contributed by atoms with E-state index in [1.54, 1.807) is 0 Å². The van der Waals surface area contributed by atoms with Gasteiger partial charge in [0.1, 0.15) is 5.60 Å². The molecule has 1 aliphatic carbocycles. The van der Waals surface area contributed by atoms with Gasteiger partial charge in [0.2, 0.25) is 0 Å². The third-order valence-corrected chi connectivity index (χ3v) is 2.98. The van der Waals surface area contributed by atoms with Gasteiger partial charge in [-0.05, 0) is 46.6 Å². The fourth-order valence-electron chi connectivity index (χ4n) is 2.29. The molecule has 0 heterocycles. The molecule has 2 unspecified atom stereocenters. The van der Waals surface area contributed by atoms with Crippen LogP contribution in [0.15, 0.2) is 0 Å². The van der Waals surface area contributed by atoms with E-state index in [1.807, 2.05) is 32.7 Å². The van der Waals surface area contributed by atoms with Gasteiger partial charge in [0, 0.05) is 6.54 Å². The van der Waals surface area contributed by atoms with Crippen LogP contribution < -0.4 is 0 Å². The summed E-state index contributed by atoms with van der Waals surface area (Å²) in [5, 5.41) is 9.72. The van der Waals surface area contributed by atoms with Crippen LogP contribution in [-0.2, 0) is 9.53 Å². The Morgan fingerprint density at radius 2 is 2.06 bits per heavy atom. The van der Waals surface area contributed by atoms with Crippen LogP contribution in [0.3, 0.4) is 0 Å². The monoisotopic (exact) mass is 243 g/mol. The number of hydrogen-bond acceptors (Lipinski definition) is 4. The topological polar surface area (TPSA) is 49.8 Å². The molecular formula is C13H25NO3. The quantitative estimate of drug-likeness (QED) is 0.759. The zero-order valence-corrected chi connectivity index (χ0v) is 11.4. The van der Waals surface area contributed by atoms with Crippen molar-refractivity contribution in [3.63, 3.8) is 0 Å². The number of aliphatic hydroxyl groups excluding tert-OH is 1. The number of likely N-dealkylation sites (N-methyl/N-ethyl adjacent to an activating group) is 1. The van der Waals surface area contributed by atoms with E-state index in [1.165, 1.54) is 0 Å². The third-order valence-electron chi connectivity index (χ3n) is 2.98. The number of ether oxygens (including phenoxy) is 1. The lowest BCUT2D eigenvalue weighted by Crippen LogP contribution is -2.36. The number of carbonyl (C=O) groups is 1. The average Bonchev–Trinajstić information content (AvgIpc) is 2.47. The Hall–Kier alpha value is -0.610. The van der Waals surface area contributed by atoms with Gasteiger partial charge in [-0.25, -0.2) is 0 Å². The first kappa shape index (κ1) is 14.5. The highest BCUT2D eigenvalue weighted by molar-refractivity contribution is 5.72. The van der Waals surface area contributed by atoms with E-state index in [4.69, 9.17) is 4.74 Å². The van der Waals surface area contributed by atoms with E-state index >= 15 is 0 Å². The first-order valence-electron chi connectivity index (χ1n) is 6.36. The maximum atomic E-state index is 11.6. The second kappa shape index (κ2) is 5.83. The summed E-state index contributed by atoms with van der Waals surface area (Å²) in [6.45, 7) is 6.66. The molecule has 17 heavy (non-hydrogen) atoms. The number of carbonyl (C=O) groups excluding carboxylic acids is 1. The van der Waals surface area contributed by atoms with Crippen molar-refractivity contribution in [1.82, 2.24) is 4.90 Å². The molecule has 4 heteroatoms. The van der Waals surface area contributed by atoms with Crippen LogP contribution in [0.1, 0.15) is 40.0 Å². The molecule has 0 radical (unpaired) electrons. The molecule has 0 aliphatic heterocycles. The number of rotatable bonds is 4. The molecule has 1 fully saturated rings.